The highest BCUT2D eigenvalue weighted by Crippen LogP contribution is 2.39. The molecule has 2 aliphatic heterocycles. The summed E-state index contributed by atoms with van der Waals surface area (Å²) in [5.41, 5.74) is 3.13. The summed E-state index contributed by atoms with van der Waals surface area (Å²) in [6.45, 7) is 0. The number of hydrogen-bond acceptors (Lipinski definition) is 7. The van der Waals surface area contributed by atoms with Gasteiger partial charge in [0.25, 0.3) is 5.91 Å². The summed E-state index contributed by atoms with van der Waals surface area (Å²) in [5, 5.41) is 9.05. The van der Waals surface area contributed by atoms with Crippen LogP contribution < -0.4 is 14.8 Å². The first-order chi connectivity index (χ1) is 18.4. The minimum atomic E-state index is -0.676. The first-order valence-corrected chi connectivity index (χ1v) is 12.8. The Hall–Kier alpha value is -4.18. The Morgan fingerprint density at radius 1 is 1.05 bits per heavy atom. The van der Waals surface area contributed by atoms with E-state index in [1.54, 1.807) is 55.6 Å². The fourth-order valence-corrected chi connectivity index (χ4v) is 5.34. The van der Waals surface area contributed by atoms with E-state index >= 15 is 0 Å². The minimum Gasteiger partial charge on any atom is -0.497 e. The van der Waals surface area contributed by atoms with E-state index in [1.807, 2.05) is 24.3 Å². The van der Waals surface area contributed by atoms with Crippen LogP contribution in [0.3, 0.4) is 0 Å². The van der Waals surface area contributed by atoms with Gasteiger partial charge in [-0.05, 0) is 59.7 Å². The van der Waals surface area contributed by atoms with Crippen molar-refractivity contribution in [1.29, 1.82) is 0 Å². The Labute approximate surface area is 223 Å². The molecule has 2 aliphatic rings. The lowest BCUT2D eigenvalue weighted by atomic mass is 9.98. The molecule has 194 valence electrons. The molecule has 0 spiro atoms. The van der Waals surface area contributed by atoms with Gasteiger partial charge >= 0.3 is 0 Å². The predicted molar refractivity (Wildman–Crippen MR) is 145 cm³/mol. The van der Waals surface area contributed by atoms with Crippen molar-refractivity contribution in [3.63, 3.8) is 0 Å². The standard InChI is InChI=1S/C28H25FN4O4S/c1-36-21-12-8-17(9-13-21)23-15-24(18-6-10-19(29)11-7-18)33(32-23)28-31-27(35)25(38-28)16-26(34)30-20-4-3-5-22(14-20)37-2/h3-14,24-25H,15-16H2,1-2H3,(H,30,34)/t24-,25-/m1/s1. The number of thioether (sulfide) groups is 1. The number of nitrogens with one attached hydrogen (secondary N) is 1. The van der Waals surface area contributed by atoms with Crippen LogP contribution in [0.5, 0.6) is 11.5 Å². The fourth-order valence-electron chi connectivity index (χ4n) is 4.27. The molecular weight excluding hydrogens is 507 g/mol. The lowest BCUT2D eigenvalue weighted by molar-refractivity contribution is -0.121. The molecule has 5 rings (SSSR count). The van der Waals surface area contributed by atoms with Gasteiger partial charge in [-0.3, -0.25) is 9.59 Å². The SMILES string of the molecule is COc1ccc(C2=NN(C3=NC(=O)[C@@H](CC(=O)Nc4cccc(OC)c4)S3)[C@@H](c3ccc(F)cc3)C2)cc1. The number of anilines is 1. The van der Waals surface area contributed by atoms with Gasteiger partial charge in [0.05, 0.1) is 26.0 Å². The van der Waals surface area contributed by atoms with Crippen molar-refractivity contribution in [2.45, 2.75) is 24.1 Å². The van der Waals surface area contributed by atoms with Crippen LogP contribution in [0.15, 0.2) is 82.9 Å². The average Bonchev–Trinajstić information content (AvgIpc) is 3.53. The van der Waals surface area contributed by atoms with Crippen LogP contribution in [-0.4, -0.2) is 47.2 Å². The summed E-state index contributed by atoms with van der Waals surface area (Å²) in [5.74, 6) is 0.317. The van der Waals surface area contributed by atoms with Crippen LogP contribution in [0, 0.1) is 5.82 Å². The number of ether oxygens (including phenoxy) is 2. The van der Waals surface area contributed by atoms with Crippen molar-refractivity contribution in [2.24, 2.45) is 10.1 Å². The van der Waals surface area contributed by atoms with Crippen molar-refractivity contribution in [1.82, 2.24) is 5.01 Å². The summed E-state index contributed by atoms with van der Waals surface area (Å²) >= 11 is 1.21. The van der Waals surface area contributed by atoms with E-state index in [2.05, 4.69) is 10.3 Å². The van der Waals surface area contributed by atoms with Gasteiger partial charge < -0.3 is 14.8 Å². The molecule has 2 heterocycles. The summed E-state index contributed by atoms with van der Waals surface area (Å²) in [7, 11) is 3.15. The van der Waals surface area contributed by atoms with Gasteiger partial charge in [0.1, 0.15) is 22.6 Å². The average molecular weight is 533 g/mol. The van der Waals surface area contributed by atoms with Crippen molar-refractivity contribution in [3.8, 4) is 11.5 Å². The molecule has 0 aliphatic carbocycles. The topological polar surface area (TPSA) is 92.6 Å². The number of methoxy groups -OCH3 is 2. The van der Waals surface area contributed by atoms with Crippen molar-refractivity contribution in [3.05, 3.63) is 89.7 Å². The maximum Gasteiger partial charge on any atom is 0.262 e. The molecule has 0 saturated heterocycles. The lowest BCUT2D eigenvalue weighted by Gasteiger charge is -2.23. The molecule has 2 atom stereocenters. The van der Waals surface area contributed by atoms with E-state index in [1.165, 1.54) is 23.9 Å². The smallest absolute Gasteiger partial charge is 0.262 e. The molecule has 1 N–H and O–H groups in total. The number of carbonyl (C=O) groups is 2. The largest absolute Gasteiger partial charge is 0.497 e. The van der Waals surface area contributed by atoms with Crippen LogP contribution >= 0.6 is 11.8 Å². The number of rotatable bonds is 7. The van der Waals surface area contributed by atoms with E-state index in [0.717, 1.165) is 22.6 Å². The van der Waals surface area contributed by atoms with E-state index in [9.17, 15) is 14.0 Å². The molecule has 0 aromatic heterocycles. The van der Waals surface area contributed by atoms with Gasteiger partial charge in [-0.25, -0.2) is 9.40 Å². The number of hydrogen-bond donors (Lipinski definition) is 1. The van der Waals surface area contributed by atoms with Crippen LogP contribution in [0.1, 0.15) is 30.0 Å². The summed E-state index contributed by atoms with van der Waals surface area (Å²) < 4.78 is 24.1. The number of amides is 2. The van der Waals surface area contributed by atoms with Gasteiger partial charge in [-0.2, -0.15) is 10.1 Å². The van der Waals surface area contributed by atoms with Gasteiger partial charge in [0, 0.05) is 24.6 Å². The number of nitrogens with zero attached hydrogens (tertiary/aromatic N) is 3. The normalized spacial score (nSPS) is 18.7. The summed E-state index contributed by atoms with van der Waals surface area (Å²) in [4.78, 5) is 29.7. The van der Waals surface area contributed by atoms with Gasteiger partial charge in [-0.15, -0.1) is 0 Å². The Bertz CT molecular complexity index is 1410. The second-order valence-electron chi connectivity index (χ2n) is 8.71. The zero-order valence-corrected chi connectivity index (χ0v) is 21.6. The van der Waals surface area contributed by atoms with E-state index in [-0.39, 0.29) is 24.2 Å². The van der Waals surface area contributed by atoms with Crippen molar-refractivity contribution < 1.29 is 23.5 Å². The van der Waals surface area contributed by atoms with Gasteiger partial charge in [0.15, 0.2) is 5.17 Å². The highest BCUT2D eigenvalue weighted by atomic mass is 32.2. The quantitative estimate of drug-likeness (QED) is 0.459. The molecule has 3 aromatic carbocycles. The highest BCUT2D eigenvalue weighted by Gasteiger charge is 2.39. The Kier molecular flexibility index (Phi) is 7.41. The van der Waals surface area contributed by atoms with Gasteiger partial charge in [0.2, 0.25) is 5.91 Å². The number of carbonyl (C=O) groups excluding carboxylic acids is 2. The first kappa shape index (κ1) is 25.5. The Balaban J connectivity index is 1.34. The molecular formula is C28H25FN4O4S. The lowest BCUT2D eigenvalue weighted by Crippen LogP contribution is -2.25. The number of hydrazone groups is 1. The van der Waals surface area contributed by atoms with Crippen molar-refractivity contribution in [2.75, 3.05) is 19.5 Å². The molecule has 0 bridgehead atoms. The molecule has 10 heteroatoms. The molecule has 8 nitrogen and oxygen atoms in total. The number of aliphatic imine (C=N–C) groups is 1. The van der Waals surface area contributed by atoms with E-state index < -0.39 is 11.2 Å². The maximum atomic E-state index is 13.6. The fraction of sp³-hybridized carbons (Fsp3) is 0.214. The Morgan fingerprint density at radius 2 is 1.79 bits per heavy atom. The third-order valence-corrected chi connectivity index (χ3v) is 7.38. The number of amidine groups is 1. The second kappa shape index (κ2) is 11.1. The molecule has 0 unspecified atom stereocenters. The van der Waals surface area contributed by atoms with E-state index in [0.29, 0.717) is 23.0 Å². The molecule has 0 saturated carbocycles. The minimum absolute atomic E-state index is 0.0438. The van der Waals surface area contributed by atoms with E-state index in [4.69, 9.17) is 14.6 Å². The molecule has 38 heavy (non-hydrogen) atoms. The zero-order valence-electron chi connectivity index (χ0n) is 20.8. The monoisotopic (exact) mass is 532 g/mol. The molecule has 3 aromatic rings. The van der Waals surface area contributed by atoms with Crippen molar-refractivity contribution >= 4 is 40.1 Å². The maximum absolute atomic E-state index is 13.6. The second-order valence-corrected chi connectivity index (χ2v) is 9.88. The number of benzene rings is 3. The highest BCUT2D eigenvalue weighted by molar-refractivity contribution is 8.15. The van der Waals surface area contributed by atoms with Crippen LogP contribution in [0.25, 0.3) is 0 Å². The molecule has 2 amide bonds. The predicted octanol–water partition coefficient (Wildman–Crippen LogP) is 5.02. The third-order valence-electron chi connectivity index (χ3n) is 6.24. The number of halogens is 1. The summed E-state index contributed by atoms with van der Waals surface area (Å²) in [6, 6.07) is 20.5. The molecule has 0 fully saturated rings. The summed E-state index contributed by atoms with van der Waals surface area (Å²) in [6.07, 6.45) is 0.491. The van der Waals surface area contributed by atoms with Crippen LogP contribution in [0.4, 0.5) is 10.1 Å². The molecule has 0 radical (unpaired) electrons. The third kappa shape index (κ3) is 5.55. The zero-order chi connectivity index (χ0) is 26.6. The Morgan fingerprint density at radius 3 is 2.50 bits per heavy atom. The van der Waals surface area contributed by atoms with Crippen LogP contribution in [0.2, 0.25) is 0 Å². The van der Waals surface area contributed by atoms with Gasteiger partial charge in [-0.1, -0.05) is 30.0 Å². The van der Waals surface area contributed by atoms with Crippen LogP contribution in [-0.2, 0) is 9.59 Å². The first-order valence-electron chi connectivity index (χ1n) is 11.9.